The first-order chi connectivity index (χ1) is 15.3. The predicted octanol–water partition coefficient (Wildman–Crippen LogP) is 5.37. The van der Waals surface area contributed by atoms with Crippen LogP contribution in [0.2, 0.25) is 0 Å². The van der Waals surface area contributed by atoms with Crippen molar-refractivity contribution in [3.63, 3.8) is 0 Å². The maximum atomic E-state index is 6.38. The van der Waals surface area contributed by atoms with Crippen molar-refractivity contribution >= 4 is 0 Å². The molecule has 0 saturated carbocycles. The summed E-state index contributed by atoms with van der Waals surface area (Å²) in [4.78, 5) is 0. The van der Waals surface area contributed by atoms with Crippen molar-refractivity contribution in [3.05, 3.63) is 108 Å². The van der Waals surface area contributed by atoms with Gasteiger partial charge < -0.3 is 18.9 Å². The summed E-state index contributed by atoms with van der Waals surface area (Å²) < 4.78 is 25.0. The van der Waals surface area contributed by atoms with Gasteiger partial charge in [0.05, 0.1) is 32.5 Å². The lowest BCUT2D eigenvalue weighted by molar-refractivity contribution is -0.284. The Morgan fingerprint density at radius 1 is 0.613 bits per heavy atom. The maximum absolute atomic E-state index is 6.38. The molecule has 162 valence electrons. The van der Waals surface area contributed by atoms with Gasteiger partial charge in [0, 0.05) is 5.92 Å². The van der Waals surface area contributed by atoms with E-state index in [1.807, 2.05) is 54.6 Å². The van der Waals surface area contributed by atoms with Crippen LogP contribution < -0.4 is 0 Å². The van der Waals surface area contributed by atoms with Crippen molar-refractivity contribution in [3.8, 4) is 0 Å². The first kappa shape index (κ1) is 21.7. The molecule has 1 aliphatic heterocycles. The second-order valence-corrected chi connectivity index (χ2v) is 8.00. The molecule has 4 nitrogen and oxygen atoms in total. The Balaban J connectivity index is 1.46. The van der Waals surface area contributed by atoms with Crippen LogP contribution in [0.5, 0.6) is 0 Å². The molecule has 0 radical (unpaired) electrons. The fourth-order valence-electron chi connectivity index (χ4n) is 3.78. The first-order valence-corrected chi connectivity index (χ1v) is 10.9. The van der Waals surface area contributed by atoms with Crippen LogP contribution in [-0.2, 0) is 38.8 Å². The molecule has 1 aliphatic rings. The number of rotatable bonds is 9. The number of hydrogen-bond acceptors (Lipinski definition) is 4. The predicted molar refractivity (Wildman–Crippen MR) is 120 cm³/mol. The molecule has 0 amide bonds. The topological polar surface area (TPSA) is 36.9 Å². The van der Waals surface area contributed by atoms with E-state index in [-0.39, 0.29) is 18.1 Å². The molecule has 0 aliphatic carbocycles. The second-order valence-electron chi connectivity index (χ2n) is 8.00. The Bertz CT molecular complexity index is 885. The SMILES string of the molecule is C[C@@H]1COC(OCc2ccccc2)[C@H](OCc2ccccc2)[C@H]1OCc1ccccc1. The average molecular weight is 419 g/mol. The van der Waals surface area contributed by atoms with Crippen molar-refractivity contribution in [2.75, 3.05) is 6.61 Å². The monoisotopic (exact) mass is 418 g/mol. The Labute approximate surface area is 184 Å². The summed E-state index contributed by atoms with van der Waals surface area (Å²) in [5.41, 5.74) is 3.36. The molecule has 3 aromatic rings. The highest BCUT2D eigenvalue weighted by molar-refractivity contribution is 5.15. The molecule has 0 spiro atoms. The minimum absolute atomic E-state index is 0.126. The molecule has 1 heterocycles. The van der Waals surface area contributed by atoms with Crippen molar-refractivity contribution < 1.29 is 18.9 Å². The largest absolute Gasteiger partial charge is 0.370 e. The van der Waals surface area contributed by atoms with Gasteiger partial charge >= 0.3 is 0 Å². The second kappa shape index (κ2) is 11.2. The quantitative estimate of drug-likeness (QED) is 0.468. The van der Waals surface area contributed by atoms with E-state index in [1.54, 1.807) is 0 Å². The van der Waals surface area contributed by atoms with E-state index in [2.05, 4.69) is 43.3 Å². The lowest BCUT2D eigenvalue weighted by Gasteiger charge is -2.41. The third kappa shape index (κ3) is 6.25. The standard InChI is InChI=1S/C27H30O4/c1-21-17-30-27(31-20-24-15-9-4-10-16-24)26(29-19-23-13-7-3-8-14-23)25(21)28-18-22-11-5-2-6-12-22/h2-16,21,25-27H,17-20H2,1H3/t21-,25+,26-,27?/m1/s1. The van der Waals surface area contributed by atoms with Gasteiger partial charge in [0.1, 0.15) is 6.10 Å². The molecule has 0 bridgehead atoms. The number of hydrogen-bond donors (Lipinski definition) is 0. The lowest BCUT2D eigenvalue weighted by Crippen LogP contribution is -2.52. The zero-order chi connectivity index (χ0) is 21.3. The van der Waals surface area contributed by atoms with Crippen LogP contribution in [0.1, 0.15) is 23.6 Å². The van der Waals surface area contributed by atoms with Gasteiger partial charge in [0.25, 0.3) is 0 Å². The highest BCUT2D eigenvalue weighted by Crippen LogP contribution is 2.28. The van der Waals surface area contributed by atoms with E-state index < -0.39 is 6.29 Å². The summed E-state index contributed by atoms with van der Waals surface area (Å²) in [7, 11) is 0. The minimum Gasteiger partial charge on any atom is -0.370 e. The molecule has 4 atom stereocenters. The molecule has 0 N–H and O–H groups in total. The maximum Gasteiger partial charge on any atom is 0.186 e. The van der Waals surface area contributed by atoms with Crippen molar-refractivity contribution in [2.45, 2.75) is 45.2 Å². The number of benzene rings is 3. The molecule has 1 saturated heterocycles. The van der Waals surface area contributed by atoms with E-state index in [4.69, 9.17) is 18.9 Å². The Hall–Kier alpha value is -2.50. The molecule has 4 rings (SSSR count). The van der Waals surface area contributed by atoms with Crippen molar-refractivity contribution in [2.24, 2.45) is 5.92 Å². The van der Waals surface area contributed by atoms with Gasteiger partial charge in [-0.1, -0.05) is 97.9 Å². The zero-order valence-electron chi connectivity index (χ0n) is 17.9. The Morgan fingerprint density at radius 2 is 1.03 bits per heavy atom. The van der Waals surface area contributed by atoms with E-state index in [9.17, 15) is 0 Å². The minimum atomic E-state index is -0.485. The van der Waals surface area contributed by atoms with Crippen LogP contribution >= 0.6 is 0 Å². The molecule has 3 aromatic carbocycles. The van der Waals surface area contributed by atoms with Gasteiger partial charge in [0.2, 0.25) is 0 Å². The average Bonchev–Trinajstić information content (AvgIpc) is 2.83. The fourth-order valence-corrected chi connectivity index (χ4v) is 3.78. The Morgan fingerprint density at radius 3 is 1.52 bits per heavy atom. The van der Waals surface area contributed by atoms with Crippen LogP contribution in [-0.4, -0.2) is 25.1 Å². The summed E-state index contributed by atoms with van der Waals surface area (Å²) in [6.45, 7) is 4.20. The molecular weight excluding hydrogens is 388 g/mol. The van der Waals surface area contributed by atoms with Gasteiger partial charge in [-0.15, -0.1) is 0 Å². The van der Waals surface area contributed by atoms with Crippen LogP contribution in [0.4, 0.5) is 0 Å². The van der Waals surface area contributed by atoms with Crippen molar-refractivity contribution in [1.82, 2.24) is 0 Å². The summed E-state index contributed by atoms with van der Waals surface area (Å²) in [6, 6.07) is 30.5. The van der Waals surface area contributed by atoms with Crippen LogP contribution in [0.25, 0.3) is 0 Å². The molecule has 4 heteroatoms. The summed E-state index contributed by atoms with van der Waals surface area (Å²) in [6.07, 6.45) is -0.935. The van der Waals surface area contributed by atoms with Gasteiger partial charge in [-0.2, -0.15) is 0 Å². The third-order valence-electron chi connectivity index (χ3n) is 5.50. The molecule has 31 heavy (non-hydrogen) atoms. The summed E-state index contributed by atoms with van der Waals surface area (Å²) in [5.74, 6) is 0.195. The number of ether oxygens (including phenoxy) is 4. The molecule has 1 fully saturated rings. The highest BCUT2D eigenvalue weighted by Gasteiger charge is 2.41. The van der Waals surface area contributed by atoms with Crippen LogP contribution in [0.3, 0.4) is 0 Å². The van der Waals surface area contributed by atoms with Gasteiger partial charge in [-0.3, -0.25) is 0 Å². The van der Waals surface area contributed by atoms with Crippen molar-refractivity contribution in [1.29, 1.82) is 0 Å². The molecule has 0 aromatic heterocycles. The van der Waals surface area contributed by atoms with E-state index in [0.29, 0.717) is 26.4 Å². The fraction of sp³-hybridized carbons (Fsp3) is 0.333. The zero-order valence-corrected chi connectivity index (χ0v) is 17.9. The third-order valence-corrected chi connectivity index (χ3v) is 5.50. The lowest BCUT2D eigenvalue weighted by atomic mass is 9.96. The van der Waals surface area contributed by atoms with Crippen LogP contribution in [0.15, 0.2) is 91.0 Å². The highest BCUT2D eigenvalue weighted by atomic mass is 16.7. The normalized spacial score (nSPS) is 23.5. The smallest absolute Gasteiger partial charge is 0.186 e. The molecule has 1 unspecified atom stereocenters. The van der Waals surface area contributed by atoms with Gasteiger partial charge in [-0.05, 0) is 16.7 Å². The van der Waals surface area contributed by atoms with Gasteiger partial charge in [-0.25, -0.2) is 0 Å². The summed E-state index contributed by atoms with van der Waals surface area (Å²) >= 11 is 0. The molecular formula is C27H30O4. The van der Waals surface area contributed by atoms with Crippen LogP contribution in [0, 0.1) is 5.92 Å². The first-order valence-electron chi connectivity index (χ1n) is 10.9. The Kier molecular flexibility index (Phi) is 7.86. The van der Waals surface area contributed by atoms with E-state index >= 15 is 0 Å². The van der Waals surface area contributed by atoms with Gasteiger partial charge in [0.15, 0.2) is 6.29 Å². The van der Waals surface area contributed by atoms with E-state index in [0.717, 1.165) is 16.7 Å². The summed E-state index contributed by atoms with van der Waals surface area (Å²) in [5, 5.41) is 0. The van der Waals surface area contributed by atoms with E-state index in [1.165, 1.54) is 0 Å².